The maximum atomic E-state index is 12.9. The van der Waals surface area contributed by atoms with E-state index in [0.29, 0.717) is 17.5 Å². The second kappa shape index (κ2) is 8.60. The zero-order chi connectivity index (χ0) is 22.9. The van der Waals surface area contributed by atoms with E-state index < -0.39 is 16.9 Å². The van der Waals surface area contributed by atoms with E-state index in [2.05, 4.69) is 0 Å². The van der Waals surface area contributed by atoms with Crippen LogP contribution in [0.1, 0.15) is 38.8 Å². The average Bonchev–Trinajstić information content (AvgIpc) is 2.69. The quantitative estimate of drug-likeness (QED) is 0.415. The van der Waals surface area contributed by atoms with Crippen molar-refractivity contribution in [2.24, 2.45) is 0 Å². The normalized spacial score (nSPS) is 10.8. The molecule has 6 nitrogen and oxygen atoms in total. The first-order chi connectivity index (χ1) is 14.6. The molecule has 1 aromatic heterocycles. The molecule has 2 aromatic carbocycles. The third-order valence-electron chi connectivity index (χ3n) is 5.00. The summed E-state index contributed by atoms with van der Waals surface area (Å²) in [7, 11) is 0. The number of phenolic OH excluding ortho intramolecular Hbond substituents is 3. The fourth-order valence-electron chi connectivity index (χ4n) is 3.26. The molecule has 0 spiro atoms. The van der Waals surface area contributed by atoms with Crippen molar-refractivity contribution in [3.8, 4) is 34.3 Å². The topological polar surface area (TPSA) is 111 Å². The molecule has 0 aliphatic rings. The van der Waals surface area contributed by atoms with Gasteiger partial charge in [-0.3, -0.25) is 4.79 Å². The first kappa shape index (κ1) is 22.0. The van der Waals surface area contributed by atoms with E-state index in [4.69, 9.17) is 4.42 Å². The molecule has 0 saturated carbocycles. The lowest BCUT2D eigenvalue weighted by Gasteiger charge is -2.12. The fraction of sp³-hybridized carbons (Fsp3) is 0.240. The summed E-state index contributed by atoms with van der Waals surface area (Å²) in [4.78, 5) is 12.9. The van der Waals surface area contributed by atoms with Gasteiger partial charge in [-0.1, -0.05) is 23.3 Å². The molecule has 0 bridgehead atoms. The molecule has 0 amide bonds. The Kier molecular flexibility index (Phi) is 6.11. The van der Waals surface area contributed by atoms with Gasteiger partial charge in [0, 0.05) is 17.2 Å². The average molecular weight is 422 g/mol. The van der Waals surface area contributed by atoms with Gasteiger partial charge in [0.05, 0.1) is 0 Å². The SMILES string of the molecule is CC(C)=CCc1cc(-c2oc3cc(O)c(CC=C(C)C)c(O)c3c(=O)c2O)ccc1O. The van der Waals surface area contributed by atoms with Crippen molar-refractivity contribution < 1.29 is 24.8 Å². The highest BCUT2D eigenvalue weighted by Crippen LogP contribution is 2.39. The summed E-state index contributed by atoms with van der Waals surface area (Å²) in [6.45, 7) is 7.65. The van der Waals surface area contributed by atoms with Crippen LogP contribution < -0.4 is 5.43 Å². The summed E-state index contributed by atoms with van der Waals surface area (Å²) >= 11 is 0. The molecule has 31 heavy (non-hydrogen) atoms. The van der Waals surface area contributed by atoms with Crippen molar-refractivity contribution >= 4 is 11.0 Å². The molecule has 0 atom stereocenters. The van der Waals surface area contributed by atoms with E-state index in [1.54, 1.807) is 12.1 Å². The second-order valence-corrected chi connectivity index (χ2v) is 8.02. The van der Waals surface area contributed by atoms with Crippen LogP contribution >= 0.6 is 0 Å². The van der Waals surface area contributed by atoms with Gasteiger partial charge in [-0.15, -0.1) is 0 Å². The number of fused-ring (bicyclic) bond motifs is 1. The van der Waals surface area contributed by atoms with Gasteiger partial charge < -0.3 is 24.8 Å². The molecular formula is C25H26O6. The van der Waals surface area contributed by atoms with E-state index in [9.17, 15) is 25.2 Å². The van der Waals surface area contributed by atoms with E-state index in [1.807, 2.05) is 33.8 Å². The van der Waals surface area contributed by atoms with Gasteiger partial charge >= 0.3 is 0 Å². The summed E-state index contributed by atoms with van der Waals surface area (Å²) in [5.74, 6) is -1.30. The van der Waals surface area contributed by atoms with Crippen molar-refractivity contribution in [3.05, 3.63) is 68.9 Å². The van der Waals surface area contributed by atoms with Crippen LogP contribution in [0.5, 0.6) is 23.0 Å². The van der Waals surface area contributed by atoms with Crippen molar-refractivity contribution in [3.63, 3.8) is 0 Å². The lowest BCUT2D eigenvalue weighted by molar-refractivity contribution is 0.433. The highest BCUT2D eigenvalue weighted by Gasteiger charge is 2.22. The predicted molar refractivity (Wildman–Crippen MR) is 121 cm³/mol. The molecule has 0 aliphatic carbocycles. The third kappa shape index (κ3) is 4.43. The molecule has 0 saturated heterocycles. The van der Waals surface area contributed by atoms with Crippen LogP contribution in [0.4, 0.5) is 0 Å². The summed E-state index contributed by atoms with van der Waals surface area (Å²) in [6, 6.07) is 5.87. The second-order valence-electron chi connectivity index (χ2n) is 8.02. The third-order valence-corrected chi connectivity index (χ3v) is 5.00. The number of hydrogen-bond donors (Lipinski definition) is 4. The smallest absolute Gasteiger partial charge is 0.238 e. The lowest BCUT2D eigenvalue weighted by atomic mass is 10.0. The van der Waals surface area contributed by atoms with Crippen molar-refractivity contribution in [2.75, 3.05) is 0 Å². The molecule has 3 rings (SSSR count). The standard InChI is InChI=1S/C25H26O6/c1-13(2)5-7-15-11-16(8-10-18(15)26)25-24(30)23(29)21-20(31-25)12-19(27)17(22(21)28)9-6-14(3)4/h5-6,8,10-12,26-28,30H,7,9H2,1-4H3. The minimum Gasteiger partial charge on any atom is -0.508 e. The number of aromatic hydroxyl groups is 4. The van der Waals surface area contributed by atoms with Crippen LogP contribution in [0.3, 0.4) is 0 Å². The zero-order valence-electron chi connectivity index (χ0n) is 18.0. The maximum Gasteiger partial charge on any atom is 0.238 e. The Morgan fingerprint density at radius 3 is 2.16 bits per heavy atom. The minimum absolute atomic E-state index is 0.0485. The van der Waals surface area contributed by atoms with E-state index in [-0.39, 0.29) is 40.2 Å². The predicted octanol–water partition coefficient (Wildman–Crippen LogP) is 5.30. The molecule has 4 N–H and O–H groups in total. The first-order valence-electron chi connectivity index (χ1n) is 9.92. The molecule has 6 heteroatoms. The van der Waals surface area contributed by atoms with Crippen molar-refractivity contribution in [2.45, 2.75) is 40.5 Å². The molecule has 0 aliphatic heterocycles. The van der Waals surface area contributed by atoms with Crippen molar-refractivity contribution in [1.82, 2.24) is 0 Å². The monoisotopic (exact) mass is 422 g/mol. The van der Waals surface area contributed by atoms with Crippen LogP contribution in [0.15, 0.2) is 56.8 Å². The zero-order valence-corrected chi connectivity index (χ0v) is 18.0. The van der Waals surface area contributed by atoms with Gasteiger partial charge in [0.25, 0.3) is 0 Å². The Hall–Kier alpha value is -3.67. The van der Waals surface area contributed by atoms with Crippen LogP contribution in [0, 0.1) is 0 Å². The Balaban J connectivity index is 2.21. The number of phenols is 3. The largest absolute Gasteiger partial charge is 0.508 e. The maximum absolute atomic E-state index is 12.9. The van der Waals surface area contributed by atoms with E-state index in [1.165, 1.54) is 18.2 Å². The summed E-state index contributed by atoms with van der Waals surface area (Å²) in [5, 5.41) is 41.5. The van der Waals surface area contributed by atoms with Gasteiger partial charge in [-0.25, -0.2) is 0 Å². The molecule has 162 valence electrons. The summed E-state index contributed by atoms with van der Waals surface area (Å²) < 4.78 is 5.74. The molecule has 0 radical (unpaired) electrons. The Labute approximate surface area is 180 Å². The van der Waals surface area contributed by atoms with Crippen LogP contribution in [-0.4, -0.2) is 20.4 Å². The van der Waals surface area contributed by atoms with Crippen LogP contribution in [0.25, 0.3) is 22.3 Å². The fourth-order valence-corrected chi connectivity index (χ4v) is 3.26. The van der Waals surface area contributed by atoms with E-state index >= 15 is 0 Å². The number of allylic oxidation sites excluding steroid dienone is 4. The number of benzene rings is 2. The highest BCUT2D eigenvalue weighted by atomic mass is 16.4. The van der Waals surface area contributed by atoms with Gasteiger partial charge in [0.2, 0.25) is 11.2 Å². The van der Waals surface area contributed by atoms with Gasteiger partial charge in [-0.05, 0) is 64.3 Å². The van der Waals surface area contributed by atoms with Crippen LogP contribution in [-0.2, 0) is 12.8 Å². The Morgan fingerprint density at radius 1 is 0.871 bits per heavy atom. The number of rotatable bonds is 5. The highest BCUT2D eigenvalue weighted by molar-refractivity contribution is 5.90. The molecule has 0 fully saturated rings. The summed E-state index contributed by atoms with van der Waals surface area (Å²) in [6.07, 6.45) is 4.44. The Morgan fingerprint density at radius 2 is 1.52 bits per heavy atom. The van der Waals surface area contributed by atoms with E-state index in [0.717, 1.165) is 11.1 Å². The lowest BCUT2D eigenvalue weighted by Crippen LogP contribution is -2.04. The van der Waals surface area contributed by atoms with Crippen LogP contribution in [0.2, 0.25) is 0 Å². The Bertz CT molecular complexity index is 1270. The molecule has 3 aromatic rings. The molecule has 1 heterocycles. The van der Waals surface area contributed by atoms with Crippen molar-refractivity contribution in [1.29, 1.82) is 0 Å². The minimum atomic E-state index is -0.800. The van der Waals surface area contributed by atoms with Gasteiger partial charge in [-0.2, -0.15) is 0 Å². The summed E-state index contributed by atoms with van der Waals surface area (Å²) in [5.41, 5.74) is 2.39. The van der Waals surface area contributed by atoms with Gasteiger partial charge in [0.15, 0.2) is 5.76 Å². The number of hydrogen-bond acceptors (Lipinski definition) is 6. The van der Waals surface area contributed by atoms with Gasteiger partial charge in [0.1, 0.15) is 28.2 Å². The molecular weight excluding hydrogens is 396 g/mol. The molecule has 0 unspecified atom stereocenters. The first-order valence-corrected chi connectivity index (χ1v) is 9.92.